The summed E-state index contributed by atoms with van der Waals surface area (Å²) in [5.41, 5.74) is -1.18. The maximum Gasteiger partial charge on any atom is 0.408 e. The number of carbonyl (C=O) groups is 2. The molecule has 0 bridgehead atoms. The second-order valence-corrected chi connectivity index (χ2v) is 5.08. The molecule has 7 heteroatoms. The number of halogens is 2. The molecule has 110 valence electrons. The molecule has 5 nitrogen and oxygen atoms in total. The van der Waals surface area contributed by atoms with Gasteiger partial charge in [0.2, 0.25) is 0 Å². The number of carbonyl (C=O) groups excluding carboxylic acids is 1. The summed E-state index contributed by atoms with van der Waals surface area (Å²) in [6.07, 6.45) is -1.01. The zero-order valence-electron chi connectivity index (χ0n) is 11.2. The molecule has 0 radical (unpaired) electrons. The van der Waals surface area contributed by atoms with E-state index in [2.05, 4.69) is 0 Å². The minimum absolute atomic E-state index is 0.357. The summed E-state index contributed by atoms with van der Waals surface area (Å²) < 4.78 is 31.2. The molecular formula is C13H15F2NO4. The number of hydrogen-bond donors (Lipinski definition) is 2. The molecule has 20 heavy (non-hydrogen) atoms. The highest BCUT2D eigenvalue weighted by atomic mass is 19.1. The first kappa shape index (κ1) is 15.9. The van der Waals surface area contributed by atoms with E-state index in [0.29, 0.717) is 6.07 Å². The average Bonchev–Trinajstić information content (AvgIpc) is 2.23. The van der Waals surface area contributed by atoms with Crippen LogP contribution in [-0.4, -0.2) is 22.8 Å². The SMILES string of the molecule is CC(C)(C)OC(=O)N[C@@H](C(=O)O)c1ccc(F)cc1F. The summed E-state index contributed by atoms with van der Waals surface area (Å²) in [5.74, 6) is -3.39. The van der Waals surface area contributed by atoms with Gasteiger partial charge >= 0.3 is 12.1 Å². The Kier molecular flexibility index (Phi) is 4.65. The van der Waals surface area contributed by atoms with E-state index in [1.807, 2.05) is 5.32 Å². The number of carboxylic acids is 1. The predicted octanol–water partition coefficient (Wildman–Crippen LogP) is 2.62. The molecule has 0 aliphatic carbocycles. The highest BCUT2D eigenvalue weighted by molar-refractivity contribution is 5.81. The molecule has 0 saturated carbocycles. The first-order valence-electron chi connectivity index (χ1n) is 5.77. The lowest BCUT2D eigenvalue weighted by Crippen LogP contribution is -2.38. The van der Waals surface area contributed by atoms with Crippen molar-refractivity contribution in [1.29, 1.82) is 0 Å². The van der Waals surface area contributed by atoms with Crippen LogP contribution in [0.5, 0.6) is 0 Å². The average molecular weight is 287 g/mol. The smallest absolute Gasteiger partial charge is 0.408 e. The summed E-state index contributed by atoms with van der Waals surface area (Å²) in [6, 6.07) is 0.749. The van der Waals surface area contributed by atoms with Gasteiger partial charge in [-0.05, 0) is 26.8 Å². The van der Waals surface area contributed by atoms with Crippen molar-refractivity contribution in [2.24, 2.45) is 0 Å². The van der Waals surface area contributed by atoms with Gasteiger partial charge in [0.1, 0.15) is 17.2 Å². The minimum atomic E-state index is -1.66. The Labute approximate surface area is 114 Å². The molecule has 1 amide bonds. The van der Waals surface area contributed by atoms with Crippen molar-refractivity contribution in [3.63, 3.8) is 0 Å². The Morgan fingerprint density at radius 3 is 2.35 bits per heavy atom. The maximum atomic E-state index is 13.6. The van der Waals surface area contributed by atoms with Gasteiger partial charge in [0, 0.05) is 11.6 Å². The summed E-state index contributed by atoms with van der Waals surface area (Å²) in [6.45, 7) is 4.79. The van der Waals surface area contributed by atoms with Gasteiger partial charge in [0.05, 0.1) is 0 Å². The lowest BCUT2D eigenvalue weighted by atomic mass is 10.1. The van der Waals surface area contributed by atoms with E-state index in [0.717, 1.165) is 12.1 Å². The fraction of sp³-hybridized carbons (Fsp3) is 0.385. The largest absolute Gasteiger partial charge is 0.479 e. The molecule has 2 N–H and O–H groups in total. The van der Waals surface area contributed by atoms with Gasteiger partial charge in [-0.1, -0.05) is 6.07 Å². The zero-order chi connectivity index (χ0) is 15.5. The topological polar surface area (TPSA) is 75.6 Å². The van der Waals surface area contributed by atoms with Crippen LogP contribution in [0.25, 0.3) is 0 Å². The molecule has 0 aliphatic rings. The number of amides is 1. The molecule has 0 aromatic heterocycles. The molecule has 0 fully saturated rings. The predicted molar refractivity (Wildman–Crippen MR) is 66.1 cm³/mol. The van der Waals surface area contributed by atoms with Crippen LogP contribution in [0, 0.1) is 11.6 Å². The van der Waals surface area contributed by atoms with Gasteiger partial charge in [-0.15, -0.1) is 0 Å². The fourth-order valence-electron chi connectivity index (χ4n) is 1.43. The second-order valence-electron chi connectivity index (χ2n) is 5.08. The van der Waals surface area contributed by atoms with Crippen LogP contribution in [0.3, 0.4) is 0 Å². The Bertz CT molecular complexity index is 526. The van der Waals surface area contributed by atoms with Crippen molar-refractivity contribution in [2.45, 2.75) is 32.4 Å². The van der Waals surface area contributed by atoms with Crippen LogP contribution >= 0.6 is 0 Å². The lowest BCUT2D eigenvalue weighted by molar-refractivity contribution is -0.139. The van der Waals surface area contributed by atoms with Gasteiger partial charge in [0.15, 0.2) is 6.04 Å². The summed E-state index contributed by atoms with van der Waals surface area (Å²) in [7, 11) is 0. The molecule has 0 saturated heterocycles. The standard InChI is InChI=1S/C13H15F2NO4/c1-13(2,3)20-12(19)16-10(11(17)18)8-5-4-7(14)6-9(8)15/h4-6,10H,1-3H3,(H,16,19)(H,17,18)/t10-/m1/s1. The molecule has 1 atom stereocenters. The van der Waals surface area contributed by atoms with Crippen molar-refractivity contribution in [2.75, 3.05) is 0 Å². The number of benzene rings is 1. The number of aliphatic carboxylic acids is 1. The van der Waals surface area contributed by atoms with Gasteiger partial charge in [-0.2, -0.15) is 0 Å². The monoisotopic (exact) mass is 287 g/mol. The Balaban J connectivity index is 2.96. The Morgan fingerprint density at radius 2 is 1.90 bits per heavy atom. The van der Waals surface area contributed by atoms with Crippen molar-refractivity contribution < 1.29 is 28.2 Å². The van der Waals surface area contributed by atoms with Crippen molar-refractivity contribution >= 4 is 12.1 Å². The van der Waals surface area contributed by atoms with Crippen LogP contribution < -0.4 is 5.32 Å². The Hall–Kier alpha value is -2.18. The van der Waals surface area contributed by atoms with Gasteiger partial charge < -0.3 is 15.2 Å². The molecule has 0 aliphatic heterocycles. The Morgan fingerprint density at radius 1 is 1.30 bits per heavy atom. The fourth-order valence-corrected chi connectivity index (χ4v) is 1.43. The first-order chi connectivity index (χ1) is 9.10. The number of rotatable bonds is 3. The lowest BCUT2D eigenvalue weighted by Gasteiger charge is -2.22. The van der Waals surface area contributed by atoms with Gasteiger partial charge in [-0.3, -0.25) is 0 Å². The summed E-state index contributed by atoms with van der Waals surface area (Å²) in [5, 5.41) is 11.1. The molecule has 0 heterocycles. The van der Waals surface area contributed by atoms with Crippen LogP contribution in [0.1, 0.15) is 32.4 Å². The molecule has 0 unspecified atom stereocenters. The van der Waals surface area contributed by atoms with E-state index in [-0.39, 0.29) is 5.56 Å². The summed E-state index contributed by atoms with van der Waals surface area (Å²) >= 11 is 0. The van der Waals surface area contributed by atoms with Gasteiger partial charge in [-0.25, -0.2) is 18.4 Å². The third-order valence-corrected chi connectivity index (χ3v) is 2.18. The van der Waals surface area contributed by atoms with E-state index in [9.17, 15) is 18.4 Å². The molecule has 1 aromatic carbocycles. The number of nitrogens with one attached hydrogen (secondary N) is 1. The van der Waals surface area contributed by atoms with Crippen LogP contribution in [0.2, 0.25) is 0 Å². The van der Waals surface area contributed by atoms with E-state index in [1.165, 1.54) is 0 Å². The molecule has 1 aromatic rings. The van der Waals surface area contributed by atoms with E-state index >= 15 is 0 Å². The number of ether oxygens (including phenoxy) is 1. The van der Waals surface area contributed by atoms with Crippen LogP contribution in [0.4, 0.5) is 13.6 Å². The molecule has 1 rings (SSSR count). The second kappa shape index (κ2) is 5.85. The number of carboxylic acid groups (broad SMARTS) is 1. The third kappa shape index (κ3) is 4.49. The van der Waals surface area contributed by atoms with E-state index in [1.54, 1.807) is 20.8 Å². The van der Waals surface area contributed by atoms with Crippen LogP contribution in [-0.2, 0) is 9.53 Å². The van der Waals surface area contributed by atoms with Crippen molar-refractivity contribution in [3.05, 3.63) is 35.4 Å². The van der Waals surface area contributed by atoms with E-state index < -0.39 is 35.3 Å². The van der Waals surface area contributed by atoms with Crippen LogP contribution in [0.15, 0.2) is 18.2 Å². The quantitative estimate of drug-likeness (QED) is 0.896. The summed E-state index contributed by atoms with van der Waals surface area (Å²) in [4.78, 5) is 22.6. The number of hydrogen-bond acceptors (Lipinski definition) is 3. The highest BCUT2D eigenvalue weighted by Crippen LogP contribution is 2.19. The van der Waals surface area contributed by atoms with Gasteiger partial charge in [0.25, 0.3) is 0 Å². The third-order valence-electron chi connectivity index (χ3n) is 2.18. The van der Waals surface area contributed by atoms with Crippen molar-refractivity contribution in [1.82, 2.24) is 5.32 Å². The normalized spacial score (nSPS) is 12.7. The maximum absolute atomic E-state index is 13.6. The van der Waals surface area contributed by atoms with Crippen molar-refractivity contribution in [3.8, 4) is 0 Å². The zero-order valence-corrected chi connectivity index (χ0v) is 11.2. The molecule has 0 spiro atoms. The first-order valence-corrected chi connectivity index (χ1v) is 5.77. The number of alkyl carbamates (subject to hydrolysis) is 1. The molecular weight excluding hydrogens is 272 g/mol. The van der Waals surface area contributed by atoms with E-state index in [4.69, 9.17) is 9.84 Å². The highest BCUT2D eigenvalue weighted by Gasteiger charge is 2.27. The minimum Gasteiger partial charge on any atom is -0.479 e.